The van der Waals surface area contributed by atoms with E-state index in [0.717, 1.165) is 26.5 Å². The fourth-order valence-corrected chi connectivity index (χ4v) is 4.08. The second kappa shape index (κ2) is 7.63. The van der Waals surface area contributed by atoms with E-state index < -0.39 is 11.2 Å². The predicted octanol–water partition coefficient (Wildman–Crippen LogP) is 2.68. The molecule has 0 spiro atoms. The minimum atomic E-state index is -0.569. The highest BCUT2D eigenvalue weighted by atomic mass is 16.2. The number of fused-ring (bicyclic) bond motifs is 2. The smallest absolute Gasteiger partial charge is 0.268 e. The van der Waals surface area contributed by atoms with Crippen molar-refractivity contribution < 1.29 is 0 Å². The van der Waals surface area contributed by atoms with Crippen LogP contribution in [0, 0.1) is 11.3 Å². The molecule has 0 N–H and O–H groups in total. The third kappa shape index (κ3) is 2.99. The fourth-order valence-electron chi connectivity index (χ4n) is 4.08. The van der Waals surface area contributed by atoms with Gasteiger partial charge >= 0.3 is 5.69 Å². The molecule has 2 aromatic carbocycles. The van der Waals surface area contributed by atoms with Gasteiger partial charge in [0.05, 0.1) is 18.3 Å². The van der Waals surface area contributed by atoms with Gasteiger partial charge in [0.15, 0.2) is 5.65 Å². The van der Waals surface area contributed by atoms with Gasteiger partial charge in [-0.2, -0.15) is 10.4 Å². The van der Waals surface area contributed by atoms with Crippen LogP contribution in [0.1, 0.15) is 5.56 Å². The molecule has 0 radical (unpaired) electrons. The van der Waals surface area contributed by atoms with Crippen molar-refractivity contribution in [3.05, 3.63) is 93.4 Å². The summed E-state index contributed by atoms with van der Waals surface area (Å²) in [6.45, 7) is 0.183. The standard InChI is InChI=1S/C24H18N6O2/c1-28-23(31)20-21(17-9-12-26-13-10-17)30(27-22(20)29(14-11-25)24(28)32)15-18-7-4-6-16-5-2-3-8-19(16)18/h2-10,12-13H,14-15H2,1H3. The number of pyridine rings is 1. The lowest BCUT2D eigenvalue weighted by atomic mass is 10.0. The lowest BCUT2D eigenvalue weighted by Gasteiger charge is -2.10. The predicted molar refractivity (Wildman–Crippen MR) is 121 cm³/mol. The van der Waals surface area contributed by atoms with Crippen LogP contribution in [0.3, 0.4) is 0 Å². The average Bonchev–Trinajstić information content (AvgIpc) is 3.20. The fraction of sp³-hybridized carbons (Fsp3) is 0.125. The molecule has 5 aromatic rings. The zero-order valence-corrected chi connectivity index (χ0v) is 17.3. The van der Waals surface area contributed by atoms with Crippen molar-refractivity contribution in [2.24, 2.45) is 7.05 Å². The average molecular weight is 422 g/mol. The summed E-state index contributed by atoms with van der Waals surface area (Å²) in [5.41, 5.74) is 1.55. The number of hydrogen-bond donors (Lipinski definition) is 0. The van der Waals surface area contributed by atoms with Crippen molar-refractivity contribution in [2.45, 2.75) is 13.1 Å². The molecule has 5 rings (SSSR count). The Morgan fingerprint density at radius 2 is 1.75 bits per heavy atom. The molecule has 0 amide bonds. The van der Waals surface area contributed by atoms with Gasteiger partial charge in [-0.15, -0.1) is 0 Å². The quantitative estimate of drug-likeness (QED) is 0.443. The molecule has 8 nitrogen and oxygen atoms in total. The molecule has 8 heteroatoms. The molecule has 156 valence electrons. The van der Waals surface area contributed by atoms with Crippen LogP contribution in [-0.2, 0) is 20.1 Å². The minimum Gasteiger partial charge on any atom is -0.268 e. The summed E-state index contributed by atoms with van der Waals surface area (Å²) in [5, 5.41) is 16.4. The van der Waals surface area contributed by atoms with Gasteiger partial charge in [0, 0.05) is 25.0 Å². The van der Waals surface area contributed by atoms with Crippen molar-refractivity contribution in [1.29, 1.82) is 5.26 Å². The van der Waals surface area contributed by atoms with E-state index in [4.69, 9.17) is 0 Å². The van der Waals surface area contributed by atoms with Gasteiger partial charge in [-0.05, 0) is 28.5 Å². The SMILES string of the molecule is Cn1c(=O)c2c(-c3ccncc3)n(Cc3cccc4ccccc34)nc2n(CC#N)c1=O. The van der Waals surface area contributed by atoms with Crippen LogP contribution in [0.5, 0.6) is 0 Å². The van der Waals surface area contributed by atoms with Gasteiger partial charge in [0.25, 0.3) is 5.56 Å². The molecular formula is C24H18N6O2. The molecular weight excluding hydrogens is 404 g/mol. The highest BCUT2D eigenvalue weighted by Crippen LogP contribution is 2.28. The van der Waals surface area contributed by atoms with Crippen molar-refractivity contribution in [1.82, 2.24) is 23.9 Å². The zero-order valence-electron chi connectivity index (χ0n) is 17.3. The lowest BCUT2D eigenvalue weighted by Crippen LogP contribution is -2.38. The molecule has 0 aliphatic heterocycles. The van der Waals surface area contributed by atoms with Gasteiger partial charge < -0.3 is 0 Å². The molecule has 0 bridgehead atoms. The van der Waals surface area contributed by atoms with E-state index in [1.54, 1.807) is 29.2 Å². The molecule has 0 saturated heterocycles. The number of aromatic nitrogens is 5. The van der Waals surface area contributed by atoms with E-state index in [1.807, 2.05) is 48.5 Å². The summed E-state index contributed by atoms with van der Waals surface area (Å²) in [6, 6.07) is 19.7. The molecule has 0 aliphatic rings. The van der Waals surface area contributed by atoms with Crippen LogP contribution in [0.4, 0.5) is 0 Å². The van der Waals surface area contributed by atoms with Crippen LogP contribution in [0.25, 0.3) is 33.1 Å². The van der Waals surface area contributed by atoms with Crippen molar-refractivity contribution in [3.8, 4) is 17.3 Å². The van der Waals surface area contributed by atoms with Gasteiger partial charge in [-0.1, -0.05) is 42.5 Å². The van der Waals surface area contributed by atoms with Crippen LogP contribution < -0.4 is 11.2 Å². The Morgan fingerprint density at radius 3 is 2.53 bits per heavy atom. The van der Waals surface area contributed by atoms with Gasteiger partial charge in [0.2, 0.25) is 0 Å². The normalized spacial score (nSPS) is 11.1. The van der Waals surface area contributed by atoms with E-state index in [9.17, 15) is 14.9 Å². The van der Waals surface area contributed by atoms with Crippen LogP contribution >= 0.6 is 0 Å². The molecule has 3 aromatic heterocycles. The van der Waals surface area contributed by atoms with Gasteiger partial charge in [-0.3, -0.25) is 23.6 Å². The third-order valence-corrected chi connectivity index (χ3v) is 5.61. The summed E-state index contributed by atoms with van der Waals surface area (Å²) in [4.78, 5) is 30.0. The van der Waals surface area contributed by atoms with E-state index in [1.165, 1.54) is 11.6 Å². The number of benzene rings is 2. The molecule has 0 saturated carbocycles. The first-order valence-electron chi connectivity index (χ1n) is 10.0. The second-order valence-corrected chi connectivity index (χ2v) is 7.47. The minimum absolute atomic E-state index is 0.201. The molecule has 3 heterocycles. The summed E-state index contributed by atoms with van der Waals surface area (Å²) in [7, 11) is 1.41. The lowest BCUT2D eigenvalue weighted by molar-refractivity contribution is 0.661. The Hall–Kier alpha value is -4.51. The van der Waals surface area contributed by atoms with Crippen molar-refractivity contribution in [2.75, 3.05) is 0 Å². The van der Waals surface area contributed by atoms with Crippen LogP contribution in [0.2, 0.25) is 0 Å². The highest BCUT2D eigenvalue weighted by molar-refractivity contribution is 5.91. The molecule has 0 unspecified atom stereocenters. The Morgan fingerprint density at radius 1 is 1.00 bits per heavy atom. The van der Waals surface area contributed by atoms with Gasteiger partial charge in [0.1, 0.15) is 11.9 Å². The maximum atomic E-state index is 13.2. The zero-order chi connectivity index (χ0) is 22.2. The van der Waals surface area contributed by atoms with E-state index in [-0.39, 0.29) is 12.2 Å². The van der Waals surface area contributed by atoms with Crippen molar-refractivity contribution in [3.63, 3.8) is 0 Å². The van der Waals surface area contributed by atoms with E-state index in [2.05, 4.69) is 10.1 Å². The first kappa shape index (κ1) is 19.5. The first-order chi connectivity index (χ1) is 15.6. The van der Waals surface area contributed by atoms with E-state index >= 15 is 0 Å². The Kier molecular flexibility index (Phi) is 4.64. The molecule has 0 aliphatic carbocycles. The van der Waals surface area contributed by atoms with Gasteiger partial charge in [-0.25, -0.2) is 4.79 Å². The van der Waals surface area contributed by atoms with Crippen LogP contribution in [0.15, 0.2) is 76.6 Å². The molecule has 0 atom stereocenters. The maximum Gasteiger partial charge on any atom is 0.333 e. The second-order valence-electron chi connectivity index (χ2n) is 7.47. The number of hydrogen-bond acceptors (Lipinski definition) is 5. The van der Waals surface area contributed by atoms with Crippen molar-refractivity contribution >= 4 is 21.8 Å². The molecule has 32 heavy (non-hydrogen) atoms. The number of rotatable bonds is 4. The Labute approximate surface area is 182 Å². The van der Waals surface area contributed by atoms with Crippen LogP contribution in [-0.4, -0.2) is 23.9 Å². The summed E-state index contributed by atoms with van der Waals surface area (Å²) in [5.74, 6) is 0. The topological polar surface area (TPSA) is 98.5 Å². The first-order valence-corrected chi connectivity index (χ1v) is 10.0. The number of nitrogens with zero attached hydrogens (tertiary/aromatic N) is 6. The summed E-state index contributed by atoms with van der Waals surface area (Å²) >= 11 is 0. The monoisotopic (exact) mass is 422 g/mol. The number of nitriles is 1. The third-order valence-electron chi connectivity index (χ3n) is 5.61. The summed E-state index contributed by atoms with van der Waals surface area (Å²) in [6.07, 6.45) is 3.29. The highest BCUT2D eigenvalue weighted by Gasteiger charge is 2.22. The Bertz CT molecular complexity index is 1630. The Balaban J connectivity index is 1.86. The summed E-state index contributed by atoms with van der Waals surface area (Å²) < 4.78 is 3.99. The maximum absolute atomic E-state index is 13.2. The molecule has 0 fully saturated rings. The van der Waals surface area contributed by atoms with E-state index in [0.29, 0.717) is 17.6 Å². The largest absolute Gasteiger partial charge is 0.333 e.